The number of benzene rings is 18. The molecule has 28 aromatic rings. The Hall–Kier alpha value is -9.17. The Bertz CT molecular complexity index is 7050. The minimum absolute atomic E-state index is 0.132. The van der Waals surface area contributed by atoms with Crippen LogP contribution in [-0.2, 0) is 30.0 Å². The number of carbonyl (C=O) groups is 3. The SMILES string of the molecule is CC(C)(C)OC(=O)CNC(=O)CNC(=O)CCCN1CC23c4c5c6c7c8c9c(c%10c%11c2c2c4c4c%12c5c5c6c6c8c8c%13c9c9c%10c%10c%11c%11c2c2c4c4c%12c%12c5c5c6c8c6c8c%13c9c9c%10c%10c%11c2c2c4c4c%12c5c6c5c8c9c%10c2c45)C73C1. The molecule has 1 saturated heterocycles. The number of nitrogens with one attached hydrogen (secondary N) is 2. The van der Waals surface area contributed by atoms with E-state index in [9.17, 15) is 14.4 Å². The second-order valence-corrected chi connectivity index (χ2v) is 29.5. The van der Waals surface area contributed by atoms with Crippen molar-refractivity contribution in [3.05, 3.63) is 22.3 Å². The van der Waals surface area contributed by atoms with Crippen molar-refractivity contribution in [1.82, 2.24) is 15.5 Å². The molecule has 28 aromatic carbocycles. The Morgan fingerprint density at radius 1 is 0.333 bits per heavy atom. The molecule has 1 fully saturated rings. The first-order valence-electron chi connectivity index (χ1n) is 29.9. The van der Waals surface area contributed by atoms with Crippen molar-refractivity contribution in [2.75, 3.05) is 32.7 Å². The highest BCUT2D eigenvalue weighted by Gasteiger charge is 2.72. The average Bonchev–Trinajstić information content (AvgIpc) is 1.39. The van der Waals surface area contributed by atoms with Crippen LogP contribution in [0.3, 0.4) is 0 Å². The zero-order valence-corrected chi connectivity index (χ0v) is 43.0. The van der Waals surface area contributed by atoms with Gasteiger partial charge in [-0.15, -0.1) is 0 Å². The van der Waals surface area contributed by atoms with Gasteiger partial charge in [0.25, 0.3) is 0 Å². The standard InChI is InChI=1S/C74H25N3O4/c1-72(2,3)81-13(80)8-76-12(79)7-75-11(78)5-4-6-77-9-73-68-60-52-42-32-24-16-14-15-18-22-20(16)28-36-30(22)40-34-26(18)27-19(15)23-21-17(14)25(24)33-39-29(21)37-31(23)41-35(27)45-44(34)54-48(40)58-50(36)56(46(52)38(28)32)64(68)66(58)70-62(54)63-55(45)49(41)59-51(37)57-47(39)53(43(33)42)61(60)69(73)65(57)67(59)71(63)74(70,73)10-77/h4-10H2,1-3H3,(H,75,78)(H,76,79). The van der Waals surface area contributed by atoms with E-state index in [0.717, 1.165) is 19.6 Å². The summed E-state index contributed by atoms with van der Waals surface area (Å²) in [6, 6.07) is 0. The van der Waals surface area contributed by atoms with E-state index in [-0.39, 0.29) is 29.8 Å². The Balaban J connectivity index is 0.814. The van der Waals surface area contributed by atoms with E-state index in [1.807, 2.05) is 20.8 Å². The third-order valence-corrected chi connectivity index (χ3v) is 26.8. The van der Waals surface area contributed by atoms with E-state index >= 15 is 0 Å². The molecule has 1 aliphatic heterocycles. The first-order chi connectivity index (χ1) is 39.7. The Morgan fingerprint density at radius 3 is 0.765 bits per heavy atom. The molecule has 2 N–H and O–H groups in total. The van der Waals surface area contributed by atoms with Gasteiger partial charge in [-0.05, 0) is 347 Å². The maximum atomic E-state index is 13.8. The highest BCUT2D eigenvalue weighted by atomic mass is 16.6. The molecule has 2 amide bonds. The fourth-order valence-corrected chi connectivity index (χ4v) is 26.4. The Kier molecular flexibility index (Phi) is 3.46. The highest BCUT2D eigenvalue weighted by molar-refractivity contribution is 6.82. The van der Waals surface area contributed by atoms with Crippen molar-refractivity contribution in [2.24, 2.45) is 0 Å². The average molecular weight is 1020 g/mol. The number of rotatable bonds is 8. The lowest BCUT2D eigenvalue weighted by Gasteiger charge is -2.49. The van der Waals surface area contributed by atoms with Crippen LogP contribution in [0.15, 0.2) is 0 Å². The minimum Gasteiger partial charge on any atom is -0.459 e. The monoisotopic (exact) mass is 1020 g/mol. The van der Waals surface area contributed by atoms with Crippen LogP contribution in [0, 0.1) is 0 Å². The summed E-state index contributed by atoms with van der Waals surface area (Å²) in [6.07, 6.45) is 1.02. The molecule has 81 heavy (non-hydrogen) atoms. The van der Waals surface area contributed by atoms with E-state index in [4.69, 9.17) is 4.74 Å². The molecular weight excluding hydrogens is 995 g/mol. The largest absolute Gasteiger partial charge is 0.459 e. The molecule has 5 aliphatic rings. The maximum Gasteiger partial charge on any atom is 0.325 e. The maximum absolute atomic E-state index is 13.8. The van der Waals surface area contributed by atoms with E-state index in [0.29, 0.717) is 12.8 Å². The number of hydrogen-bond acceptors (Lipinski definition) is 5. The third-order valence-electron chi connectivity index (χ3n) is 26.8. The number of amides is 2. The summed E-state index contributed by atoms with van der Waals surface area (Å²) in [5, 5.41) is 92.9. The van der Waals surface area contributed by atoms with E-state index in [1.54, 1.807) is 313 Å². The van der Waals surface area contributed by atoms with Gasteiger partial charge < -0.3 is 20.3 Å². The molecule has 7 nitrogen and oxygen atoms in total. The summed E-state index contributed by atoms with van der Waals surface area (Å²) in [4.78, 5) is 42.0. The predicted molar refractivity (Wildman–Crippen MR) is 331 cm³/mol. The number of likely N-dealkylation sites (tertiary alicyclic amines) is 1. The lowest BCUT2D eigenvalue weighted by Crippen LogP contribution is -2.51. The molecule has 0 atom stereocenters. The number of esters is 1. The lowest BCUT2D eigenvalue weighted by molar-refractivity contribution is -0.154. The highest BCUT2D eigenvalue weighted by Crippen LogP contribution is 2.85. The number of carbonyl (C=O) groups excluding carboxylic acids is 3. The fraction of sp³-hybridized carbons (Fsp3) is 0.176. The molecule has 4 aliphatic carbocycles. The normalized spacial score (nSPS) is 21.4. The zero-order valence-electron chi connectivity index (χ0n) is 43.0. The first kappa shape index (κ1) is 34.1. The van der Waals surface area contributed by atoms with Gasteiger partial charge in [0, 0.05) is 19.5 Å². The van der Waals surface area contributed by atoms with Gasteiger partial charge in [0.2, 0.25) is 11.8 Å². The van der Waals surface area contributed by atoms with Gasteiger partial charge in [0.1, 0.15) is 12.1 Å². The quantitative estimate of drug-likeness (QED) is 0.117. The Labute approximate surface area is 446 Å². The number of hydrogen-bond donors (Lipinski definition) is 2. The van der Waals surface area contributed by atoms with Crippen molar-refractivity contribution < 1.29 is 19.1 Å². The van der Waals surface area contributed by atoms with Crippen molar-refractivity contribution in [3.8, 4) is 0 Å². The van der Waals surface area contributed by atoms with Crippen LogP contribution < -0.4 is 10.6 Å². The van der Waals surface area contributed by atoms with Crippen LogP contribution in [0.4, 0.5) is 0 Å². The van der Waals surface area contributed by atoms with Crippen molar-refractivity contribution >= 4 is 309 Å². The molecular formula is C74H25N3O4. The molecule has 1 heterocycles. The van der Waals surface area contributed by atoms with E-state index < -0.39 is 17.5 Å². The third kappa shape index (κ3) is 2.15. The first-order valence-corrected chi connectivity index (χ1v) is 29.9. The van der Waals surface area contributed by atoms with Crippen LogP contribution in [0.2, 0.25) is 0 Å². The van der Waals surface area contributed by atoms with Crippen LogP contribution in [-0.4, -0.2) is 61.0 Å². The molecule has 0 unspecified atom stereocenters. The molecule has 33 rings (SSSR count). The summed E-state index contributed by atoms with van der Waals surface area (Å²) in [5.41, 5.74) is 5.46. The predicted octanol–water partition coefficient (Wildman–Crippen LogP) is 16.0. The molecule has 0 aromatic heterocycles. The molecule has 0 bridgehead atoms. The van der Waals surface area contributed by atoms with Gasteiger partial charge in [0.15, 0.2) is 0 Å². The summed E-state index contributed by atoms with van der Waals surface area (Å²) >= 11 is 0. The van der Waals surface area contributed by atoms with Crippen LogP contribution in [0.1, 0.15) is 55.9 Å². The van der Waals surface area contributed by atoms with Crippen LogP contribution >= 0.6 is 0 Å². The second-order valence-electron chi connectivity index (χ2n) is 29.5. The second kappa shape index (κ2) is 8.23. The van der Waals surface area contributed by atoms with E-state index in [2.05, 4.69) is 15.5 Å². The molecule has 2 spiro atoms. The number of ether oxygens (including phenoxy) is 1. The van der Waals surface area contributed by atoms with Gasteiger partial charge >= 0.3 is 5.97 Å². The summed E-state index contributed by atoms with van der Waals surface area (Å²) in [6.45, 7) is 7.68. The Morgan fingerprint density at radius 2 is 0.543 bits per heavy atom. The summed E-state index contributed by atoms with van der Waals surface area (Å²) in [7, 11) is 0. The van der Waals surface area contributed by atoms with Gasteiger partial charge in [-0.1, -0.05) is 0 Å². The number of nitrogens with zero attached hydrogens (tertiary/aromatic N) is 1. The van der Waals surface area contributed by atoms with Gasteiger partial charge in [-0.25, -0.2) is 0 Å². The molecule has 7 heteroatoms. The van der Waals surface area contributed by atoms with Gasteiger partial charge in [0.05, 0.1) is 17.4 Å². The lowest BCUT2D eigenvalue weighted by atomic mass is 9.50. The smallest absolute Gasteiger partial charge is 0.325 e. The summed E-state index contributed by atoms with van der Waals surface area (Å²) in [5.74, 6) is -1.02. The van der Waals surface area contributed by atoms with Gasteiger partial charge in [-0.3, -0.25) is 14.4 Å². The molecule has 0 saturated carbocycles. The topological polar surface area (TPSA) is 87.7 Å². The van der Waals surface area contributed by atoms with Crippen LogP contribution in [0.25, 0.3) is 291 Å². The van der Waals surface area contributed by atoms with Crippen molar-refractivity contribution in [1.29, 1.82) is 0 Å². The summed E-state index contributed by atoms with van der Waals surface area (Å²) < 4.78 is 5.40. The van der Waals surface area contributed by atoms with Crippen molar-refractivity contribution in [3.63, 3.8) is 0 Å². The minimum atomic E-state index is -0.642. The van der Waals surface area contributed by atoms with Gasteiger partial charge in [-0.2, -0.15) is 0 Å². The fourth-order valence-electron chi connectivity index (χ4n) is 26.4. The van der Waals surface area contributed by atoms with E-state index in [1.165, 1.54) is 0 Å². The van der Waals surface area contributed by atoms with Crippen LogP contribution in [0.5, 0.6) is 0 Å². The van der Waals surface area contributed by atoms with Crippen molar-refractivity contribution in [2.45, 2.75) is 50.0 Å². The zero-order chi connectivity index (χ0) is 50.4. The molecule has 0 radical (unpaired) electrons. The molecule has 360 valence electrons.